The predicted octanol–water partition coefficient (Wildman–Crippen LogP) is 6.68. The van der Waals surface area contributed by atoms with Gasteiger partial charge in [-0.3, -0.25) is 14.4 Å². The number of hydrogen-bond donors (Lipinski definition) is 2. The molecular weight excluding hydrogens is 695 g/mol. The quantitative estimate of drug-likeness (QED) is 0.161. The molecule has 3 atom stereocenters. The third-order valence-corrected chi connectivity index (χ3v) is 11.5. The summed E-state index contributed by atoms with van der Waals surface area (Å²) in [6.45, 7) is 13.3. The Hall–Kier alpha value is -4.95. The number of carbonyl (C=O) groups excluding carboxylic acids is 1. The number of amides is 2. The molecule has 0 bridgehead atoms. The van der Waals surface area contributed by atoms with Crippen molar-refractivity contribution in [3.8, 4) is 11.4 Å². The minimum atomic E-state index is -0.287. The molecule has 14 heteroatoms. The molecule has 3 aliphatic rings. The number of nitrogens with zero attached hydrogens (tertiary/aromatic N) is 9. The van der Waals surface area contributed by atoms with E-state index in [2.05, 4.69) is 80.0 Å². The Kier molecular flexibility index (Phi) is 10.5. The molecule has 1 aliphatic carbocycles. The molecule has 2 saturated heterocycles. The second kappa shape index (κ2) is 15.7. The van der Waals surface area contributed by atoms with E-state index in [9.17, 15) is 4.79 Å². The normalized spacial score (nSPS) is 21.1. The maximum atomic E-state index is 13.8. The van der Waals surface area contributed by atoms with Gasteiger partial charge in [-0.2, -0.15) is 10.2 Å². The molecule has 4 aromatic heterocycles. The fraction of sp³-hybridized carbons (Fsp3) is 0.537. The lowest BCUT2D eigenvalue weighted by molar-refractivity contribution is 0.0400. The van der Waals surface area contributed by atoms with Crippen LogP contribution >= 0.6 is 0 Å². The molecule has 2 N–H and O–H groups in total. The van der Waals surface area contributed by atoms with Gasteiger partial charge in [0.25, 0.3) is 0 Å². The fourth-order valence-electron chi connectivity index (χ4n) is 8.25. The van der Waals surface area contributed by atoms with Crippen LogP contribution in [0.4, 0.5) is 16.6 Å². The highest BCUT2D eigenvalue weighted by molar-refractivity contribution is 5.89. The van der Waals surface area contributed by atoms with Gasteiger partial charge in [0.05, 0.1) is 43.0 Å². The highest BCUT2D eigenvalue weighted by atomic mass is 16.5. The lowest BCUT2D eigenvalue weighted by Crippen LogP contribution is -2.38. The molecule has 1 aromatic carbocycles. The van der Waals surface area contributed by atoms with E-state index in [1.165, 1.54) is 6.42 Å². The van der Waals surface area contributed by atoms with E-state index in [0.717, 1.165) is 111 Å². The van der Waals surface area contributed by atoms with Crippen LogP contribution in [-0.2, 0) is 16.7 Å². The van der Waals surface area contributed by atoms with Crippen molar-refractivity contribution in [2.24, 2.45) is 0 Å². The summed E-state index contributed by atoms with van der Waals surface area (Å²) in [4.78, 5) is 18.6. The molecule has 0 saturated carbocycles. The molecule has 292 valence electrons. The number of hydrogen-bond acceptors (Lipinski definition) is 9. The topological polar surface area (TPSA) is 132 Å². The Morgan fingerprint density at radius 3 is 2.53 bits per heavy atom. The molecule has 0 unspecified atom stereocenters. The highest BCUT2D eigenvalue weighted by Gasteiger charge is 2.31. The fourth-order valence-corrected chi connectivity index (χ4v) is 8.25. The van der Waals surface area contributed by atoms with Crippen LogP contribution in [-0.4, -0.2) is 90.5 Å². The minimum Gasteiger partial charge on any atom is -0.484 e. The van der Waals surface area contributed by atoms with E-state index in [4.69, 9.17) is 14.6 Å². The first kappa shape index (κ1) is 37.0. The lowest BCUT2D eigenvalue weighted by atomic mass is 9.85. The van der Waals surface area contributed by atoms with E-state index in [1.54, 1.807) is 11.8 Å². The van der Waals surface area contributed by atoms with Gasteiger partial charge >= 0.3 is 6.03 Å². The number of rotatable bonds is 10. The predicted molar refractivity (Wildman–Crippen MR) is 212 cm³/mol. The van der Waals surface area contributed by atoms with Gasteiger partial charge in [0.2, 0.25) is 5.95 Å². The maximum Gasteiger partial charge on any atom is 0.320 e. The summed E-state index contributed by atoms with van der Waals surface area (Å²) in [5, 5.41) is 25.0. The van der Waals surface area contributed by atoms with Crippen LogP contribution in [0.3, 0.4) is 0 Å². The summed E-state index contributed by atoms with van der Waals surface area (Å²) >= 11 is 0. The van der Waals surface area contributed by atoms with Crippen molar-refractivity contribution in [1.82, 2.24) is 44.4 Å². The molecule has 5 aromatic rings. The molecular formula is C41H55N11O3. The number of pyridine rings is 1. The van der Waals surface area contributed by atoms with E-state index in [-0.39, 0.29) is 23.6 Å². The summed E-state index contributed by atoms with van der Waals surface area (Å²) in [5.74, 6) is 2.22. The minimum absolute atomic E-state index is 0.159. The van der Waals surface area contributed by atoms with E-state index in [1.807, 2.05) is 53.6 Å². The maximum absolute atomic E-state index is 13.8. The molecule has 2 amide bonds. The molecule has 8 rings (SSSR count). The Morgan fingerprint density at radius 2 is 1.75 bits per heavy atom. The number of nitrogens with one attached hydrogen (secondary N) is 2. The number of fused-ring (bicyclic) bond motifs is 2. The zero-order valence-corrected chi connectivity index (χ0v) is 32.8. The van der Waals surface area contributed by atoms with Crippen molar-refractivity contribution in [3.63, 3.8) is 0 Å². The van der Waals surface area contributed by atoms with Crippen molar-refractivity contribution < 1.29 is 14.3 Å². The summed E-state index contributed by atoms with van der Waals surface area (Å²) in [6.07, 6.45) is 13.2. The second-order valence-corrected chi connectivity index (χ2v) is 16.4. The third-order valence-electron chi connectivity index (χ3n) is 11.5. The Labute approximate surface area is 323 Å². The highest BCUT2D eigenvalue weighted by Crippen LogP contribution is 2.39. The molecule has 0 radical (unpaired) electrons. The first-order chi connectivity index (χ1) is 26.6. The number of aromatic nitrogens is 7. The molecule has 55 heavy (non-hydrogen) atoms. The van der Waals surface area contributed by atoms with Gasteiger partial charge in [-0.25, -0.2) is 9.48 Å². The number of anilines is 2. The van der Waals surface area contributed by atoms with E-state index < -0.39 is 0 Å². The van der Waals surface area contributed by atoms with Crippen molar-refractivity contribution >= 4 is 23.4 Å². The first-order valence-electron chi connectivity index (χ1n) is 20.0. The Bertz CT molecular complexity index is 2090. The van der Waals surface area contributed by atoms with Gasteiger partial charge in [0.1, 0.15) is 23.4 Å². The largest absolute Gasteiger partial charge is 0.484 e. The first-order valence-corrected chi connectivity index (χ1v) is 20.0. The second-order valence-electron chi connectivity index (χ2n) is 16.4. The average molecular weight is 750 g/mol. The van der Waals surface area contributed by atoms with Crippen LogP contribution in [0.5, 0.6) is 5.75 Å². The number of benzene rings is 1. The van der Waals surface area contributed by atoms with Crippen molar-refractivity contribution in [2.75, 3.05) is 43.5 Å². The standard InChI is InChI=1S/C41H55N11O3/c1-28-10-8-9-19-50(28)40-46-45-37-16-13-31(27-51(37)40)55-35-15-14-34(32-11-6-7-12-33(32)35)43-39(53)44-38-24-36(41(2,3)4)47-52(38)29-25-42-49(26-29)23-22-48-20-17-30(54-5)18-21-48/h6-7,11-13,16,24-28,30,34-35H,8-10,14-15,17-23H2,1-5H3,(H2,43,44,53)/t28-,34-,35+/m0/s1. The van der Waals surface area contributed by atoms with Gasteiger partial charge in [0, 0.05) is 50.8 Å². The van der Waals surface area contributed by atoms with Crippen molar-refractivity contribution in [2.45, 2.75) is 109 Å². The Morgan fingerprint density at radius 1 is 0.927 bits per heavy atom. The number of carbonyl (C=O) groups is 1. The molecule has 2 aliphatic heterocycles. The number of likely N-dealkylation sites (tertiary alicyclic amines) is 1. The van der Waals surface area contributed by atoms with Crippen LogP contribution in [0, 0.1) is 0 Å². The van der Waals surface area contributed by atoms with Crippen LogP contribution in [0.2, 0.25) is 0 Å². The summed E-state index contributed by atoms with van der Waals surface area (Å²) in [5.41, 5.74) is 4.39. The van der Waals surface area contributed by atoms with Gasteiger partial charge in [-0.15, -0.1) is 10.2 Å². The molecule has 0 spiro atoms. The van der Waals surface area contributed by atoms with Gasteiger partial charge < -0.3 is 24.6 Å². The summed E-state index contributed by atoms with van der Waals surface area (Å²) in [6, 6.07) is 14.1. The summed E-state index contributed by atoms with van der Waals surface area (Å²) in [7, 11) is 1.80. The number of urea groups is 1. The number of piperidine rings is 2. The van der Waals surface area contributed by atoms with Crippen LogP contribution in [0.15, 0.2) is 61.1 Å². The van der Waals surface area contributed by atoms with Crippen LogP contribution in [0.1, 0.15) is 102 Å². The number of methoxy groups -OCH3 is 1. The molecule has 6 heterocycles. The lowest BCUT2D eigenvalue weighted by Gasteiger charge is -2.33. The Balaban J connectivity index is 0.947. The average Bonchev–Trinajstić information content (AvgIpc) is 3.94. The van der Waals surface area contributed by atoms with Crippen LogP contribution in [0.25, 0.3) is 11.3 Å². The van der Waals surface area contributed by atoms with Crippen molar-refractivity contribution in [1.29, 1.82) is 0 Å². The zero-order chi connectivity index (χ0) is 38.1. The van der Waals surface area contributed by atoms with Crippen molar-refractivity contribution in [3.05, 3.63) is 77.9 Å². The molecule has 2 fully saturated rings. The molecule has 14 nitrogen and oxygen atoms in total. The number of ether oxygens (including phenoxy) is 2. The van der Waals surface area contributed by atoms with Gasteiger partial charge in [0.15, 0.2) is 5.65 Å². The van der Waals surface area contributed by atoms with Gasteiger partial charge in [-0.05, 0) is 75.1 Å². The van der Waals surface area contributed by atoms with Crippen LogP contribution < -0.4 is 20.3 Å². The third kappa shape index (κ3) is 8.06. The monoisotopic (exact) mass is 749 g/mol. The summed E-state index contributed by atoms with van der Waals surface area (Å²) < 4.78 is 18.0. The van der Waals surface area contributed by atoms with E-state index >= 15 is 0 Å². The van der Waals surface area contributed by atoms with Gasteiger partial charge in [-0.1, -0.05) is 45.0 Å². The smallest absolute Gasteiger partial charge is 0.320 e. The zero-order valence-electron chi connectivity index (χ0n) is 32.8. The van der Waals surface area contributed by atoms with E-state index in [0.29, 0.717) is 18.0 Å². The SMILES string of the molecule is COC1CCN(CCn2cc(-n3nc(C(C)(C)C)cc3NC(=O)N[C@H]3CC[C@@H](Oc4ccc5nnc(N6CCCC[C@@H]6C)n5c4)c4ccccc43)cn2)CC1.